The minimum atomic E-state index is 1.22. The third-order valence-corrected chi connectivity index (χ3v) is 11.7. The Labute approximate surface area is 326 Å². The van der Waals surface area contributed by atoms with Gasteiger partial charge >= 0.3 is 0 Å². The fourth-order valence-electron chi connectivity index (χ4n) is 9.18. The Morgan fingerprint density at radius 3 is 1.25 bits per heavy atom. The predicted molar refractivity (Wildman–Crippen MR) is 241 cm³/mol. The Kier molecular flexibility index (Phi) is 7.60. The molecule has 0 N–H and O–H groups in total. The Balaban J connectivity index is 1.18. The highest BCUT2D eigenvalue weighted by atomic mass is 14.2. The van der Waals surface area contributed by atoms with Gasteiger partial charge in [-0.25, -0.2) is 0 Å². The van der Waals surface area contributed by atoms with Gasteiger partial charge in [-0.3, -0.25) is 0 Å². The minimum Gasteiger partial charge on any atom is -0.0622 e. The molecular weight excluding hydrogens is 673 g/mol. The molecule has 0 spiro atoms. The molecule has 0 aliphatic heterocycles. The molecule has 11 rings (SSSR count). The van der Waals surface area contributed by atoms with Crippen LogP contribution < -0.4 is 0 Å². The van der Waals surface area contributed by atoms with Crippen LogP contribution in [0.1, 0.15) is 0 Å². The highest BCUT2D eigenvalue weighted by molar-refractivity contribution is 6.25. The first-order valence-corrected chi connectivity index (χ1v) is 19.4. The summed E-state index contributed by atoms with van der Waals surface area (Å²) in [5, 5.41) is 12.6. The number of rotatable bonds is 5. The molecule has 0 bridgehead atoms. The first-order valence-electron chi connectivity index (χ1n) is 19.4. The number of benzene rings is 11. The largest absolute Gasteiger partial charge is 0.0622 e. The molecule has 0 amide bonds. The van der Waals surface area contributed by atoms with Crippen LogP contribution in [0.5, 0.6) is 0 Å². The van der Waals surface area contributed by atoms with Gasteiger partial charge in [-0.15, -0.1) is 0 Å². The molecule has 0 fully saturated rings. The molecule has 0 aliphatic carbocycles. The molecule has 56 heavy (non-hydrogen) atoms. The molecular formula is C56H36. The van der Waals surface area contributed by atoms with E-state index < -0.39 is 0 Å². The van der Waals surface area contributed by atoms with Gasteiger partial charge in [0.25, 0.3) is 0 Å². The quantitative estimate of drug-likeness (QED) is 0.156. The second kappa shape index (κ2) is 13.2. The zero-order valence-electron chi connectivity index (χ0n) is 30.8. The monoisotopic (exact) mass is 708 g/mol. The summed E-state index contributed by atoms with van der Waals surface area (Å²) in [7, 11) is 0. The first kappa shape index (κ1) is 32.2. The normalized spacial score (nSPS) is 11.6. The standard InChI is InChI=1S/C56H36/c1-3-17-38(18-4-1)42-28-15-29-48-47(33-32-43(55(42)48)39-19-5-2-6-20-39)46-34-35-53(45-23-10-9-22-44(45)46)56-51-26-13-11-24-49(51)54(50-25-12-14-27-52(50)56)41-31-30-37-16-7-8-21-40(37)36-41/h1-36H. The smallest absolute Gasteiger partial charge is 0.00201 e. The summed E-state index contributed by atoms with van der Waals surface area (Å²) in [6.45, 7) is 0. The van der Waals surface area contributed by atoms with E-state index in [1.807, 2.05) is 0 Å². The van der Waals surface area contributed by atoms with Gasteiger partial charge in [-0.2, -0.15) is 0 Å². The van der Waals surface area contributed by atoms with E-state index in [9.17, 15) is 0 Å². The fourth-order valence-corrected chi connectivity index (χ4v) is 9.18. The zero-order valence-corrected chi connectivity index (χ0v) is 30.8. The molecule has 0 heterocycles. The Hall–Kier alpha value is -7.28. The van der Waals surface area contributed by atoms with E-state index in [1.165, 1.54) is 109 Å². The average Bonchev–Trinajstić information content (AvgIpc) is 3.28. The predicted octanol–water partition coefficient (Wildman–Crippen LogP) is 15.8. The topological polar surface area (TPSA) is 0 Å². The summed E-state index contributed by atoms with van der Waals surface area (Å²) in [5.41, 5.74) is 12.5. The summed E-state index contributed by atoms with van der Waals surface area (Å²) in [5.74, 6) is 0. The van der Waals surface area contributed by atoms with Crippen LogP contribution in [-0.2, 0) is 0 Å². The van der Waals surface area contributed by atoms with E-state index in [-0.39, 0.29) is 0 Å². The van der Waals surface area contributed by atoms with Crippen LogP contribution >= 0.6 is 0 Å². The van der Waals surface area contributed by atoms with Crippen molar-refractivity contribution in [3.63, 3.8) is 0 Å². The van der Waals surface area contributed by atoms with Gasteiger partial charge in [-0.1, -0.05) is 212 Å². The van der Waals surface area contributed by atoms with Crippen LogP contribution in [0.15, 0.2) is 218 Å². The molecule has 260 valence electrons. The first-order chi connectivity index (χ1) is 27.8. The van der Waals surface area contributed by atoms with E-state index in [0.717, 1.165) is 0 Å². The molecule has 0 saturated heterocycles. The van der Waals surface area contributed by atoms with Crippen molar-refractivity contribution >= 4 is 53.9 Å². The van der Waals surface area contributed by atoms with Crippen molar-refractivity contribution in [3.8, 4) is 55.6 Å². The lowest BCUT2D eigenvalue weighted by Crippen LogP contribution is -1.93. The van der Waals surface area contributed by atoms with Crippen LogP contribution in [-0.4, -0.2) is 0 Å². The molecule has 0 heteroatoms. The van der Waals surface area contributed by atoms with Crippen molar-refractivity contribution in [2.24, 2.45) is 0 Å². The van der Waals surface area contributed by atoms with Crippen LogP contribution in [0.3, 0.4) is 0 Å². The minimum absolute atomic E-state index is 1.22. The highest BCUT2D eigenvalue weighted by Gasteiger charge is 2.21. The summed E-state index contributed by atoms with van der Waals surface area (Å²) in [6.07, 6.45) is 0. The van der Waals surface area contributed by atoms with Gasteiger partial charge in [0, 0.05) is 0 Å². The molecule has 0 saturated carbocycles. The molecule has 0 atom stereocenters. The van der Waals surface area contributed by atoms with Gasteiger partial charge in [0.1, 0.15) is 0 Å². The molecule has 0 aromatic heterocycles. The van der Waals surface area contributed by atoms with Gasteiger partial charge in [-0.05, 0) is 116 Å². The van der Waals surface area contributed by atoms with Crippen LogP contribution in [0.4, 0.5) is 0 Å². The molecule has 0 unspecified atom stereocenters. The van der Waals surface area contributed by atoms with Crippen LogP contribution in [0, 0.1) is 0 Å². The van der Waals surface area contributed by atoms with Gasteiger partial charge in [0.15, 0.2) is 0 Å². The van der Waals surface area contributed by atoms with Crippen molar-refractivity contribution in [2.75, 3.05) is 0 Å². The lowest BCUT2D eigenvalue weighted by molar-refractivity contribution is 1.62. The summed E-state index contributed by atoms with van der Waals surface area (Å²) in [6, 6.07) is 80.3. The molecule has 11 aromatic carbocycles. The molecule has 0 nitrogen and oxygen atoms in total. The Morgan fingerprint density at radius 1 is 0.196 bits per heavy atom. The van der Waals surface area contributed by atoms with E-state index in [0.29, 0.717) is 0 Å². The fraction of sp³-hybridized carbons (Fsp3) is 0. The van der Waals surface area contributed by atoms with E-state index in [4.69, 9.17) is 0 Å². The third-order valence-electron chi connectivity index (χ3n) is 11.7. The zero-order chi connectivity index (χ0) is 37.0. The van der Waals surface area contributed by atoms with Crippen molar-refractivity contribution in [1.29, 1.82) is 0 Å². The second-order valence-corrected chi connectivity index (χ2v) is 14.7. The van der Waals surface area contributed by atoms with Crippen molar-refractivity contribution in [3.05, 3.63) is 218 Å². The van der Waals surface area contributed by atoms with E-state index in [1.54, 1.807) is 0 Å². The third kappa shape index (κ3) is 5.15. The van der Waals surface area contributed by atoms with Crippen LogP contribution in [0.25, 0.3) is 109 Å². The molecule has 0 aliphatic rings. The van der Waals surface area contributed by atoms with E-state index >= 15 is 0 Å². The van der Waals surface area contributed by atoms with Crippen molar-refractivity contribution in [1.82, 2.24) is 0 Å². The maximum atomic E-state index is 2.37. The van der Waals surface area contributed by atoms with Gasteiger partial charge in [0.2, 0.25) is 0 Å². The maximum Gasteiger partial charge on any atom is -0.00201 e. The van der Waals surface area contributed by atoms with Crippen molar-refractivity contribution < 1.29 is 0 Å². The lowest BCUT2D eigenvalue weighted by atomic mass is 9.82. The summed E-state index contributed by atoms with van der Waals surface area (Å²) < 4.78 is 0. The van der Waals surface area contributed by atoms with Crippen LogP contribution in [0.2, 0.25) is 0 Å². The lowest BCUT2D eigenvalue weighted by Gasteiger charge is -2.21. The van der Waals surface area contributed by atoms with Crippen molar-refractivity contribution in [2.45, 2.75) is 0 Å². The van der Waals surface area contributed by atoms with Gasteiger partial charge < -0.3 is 0 Å². The number of hydrogen-bond donors (Lipinski definition) is 0. The Bertz CT molecular complexity index is 3180. The summed E-state index contributed by atoms with van der Waals surface area (Å²) >= 11 is 0. The highest BCUT2D eigenvalue weighted by Crippen LogP contribution is 2.48. The second-order valence-electron chi connectivity index (χ2n) is 14.7. The Morgan fingerprint density at radius 2 is 0.625 bits per heavy atom. The molecule has 11 aromatic rings. The average molecular weight is 709 g/mol. The molecule has 0 radical (unpaired) electrons. The summed E-state index contributed by atoms with van der Waals surface area (Å²) in [4.78, 5) is 0. The number of fused-ring (bicyclic) bond motifs is 5. The maximum absolute atomic E-state index is 2.37. The SMILES string of the molecule is c1ccc(-c2cccc3c(-c4ccc(-c5c6ccccc6c(-c6ccc7ccccc7c6)c6ccccc56)c5ccccc45)ccc(-c4ccccc4)c23)cc1. The number of hydrogen-bond acceptors (Lipinski definition) is 0. The van der Waals surface area contributed by atoms with Gasteiger partial charge in [0.05, 0.1) is 0 Å². The van der Waals surface area contributed by atoms with E-state index in [2.05, 4.69) is 218 Å².